The number of thiazole rings is 1. The summed E-state index contributed by atoms with van der Waals surface area (Å²) in [5, 5.41) is 1.03. The molecule has 0 unspecified atom stereocenters. The zero-order valence-corrected chi connectivity index (χ0v) is 20.5. The van der Waals surface area contributed by atoms with E-state index in [0.29, 0.717) is 27.2 Å². The molecular weight excluding hydrogens is 462 g/mol. The van der Waals surface area contributed by atoms with E-state index in [1.807, 2.05) is 67.7 Å². The standard InChI is InChI=1S/C27H25N3O4S/c1-4-33-19-12-10-17(11-13-19)24-23(26(32)34-5-2)16(3)29-27-30(24)25(31)22(35-27)14-18-15-28-21-9-7-6-8-20(18)21/h6-15,24,28H,4-5H2,1-3H3/b22-14-/t24-/m1/s1. The van der Waals surface area contributed by atoms with Crippen LogP contribution in [0.15, 0.2) is 75.8 Å². The van der Waals surface area contributed by atoms with Gasteiger partial charge in [0.25, 0.3) is 5.56 Å². The Bertz CT molecular complexity index is 1620. The predicted molar refractivity (Wildman–Crippen MR) is 136 cm³/mol. The number of hydrogen-bond acceptors (Lipinski definition) is 6. The summed E-state index contributed by atoms with van der Waals surface area (Å²) in [6.07, 6.45) is 3.77. The fourth-order valence-corrected chi connectivity index (χ4v) is 5.41. The van der Waals surface area contributed by atoms with E-state index in [4.69, 9.17) is 9.47 Å². The lowest BCUT2D eigenvalue weighted by molar-refractivity contribution is -0.139. The Morgan fingerprint density at radius 3 is 2.66 bits per heavy atom. The van der Waals surface area contributed by atoms with Gasteiger partial charge >= 0.3 is 5.97 Å². The van der Waals surface area contributed by atoms with Gasteiger partial charge in [0.2, 0.25) is 0 Å². The van der Waals surface area contributed by atoms with Crippen molar-refractivity contribution in [1.82, 2.24) is 9.55 Å². The molecule has 35 heavy (non-hydrogen) atoms. The van der Waals surface area contributed by atoms with Crippen LogP contribution in [-0.2, 0) is 9.53 Å². The minimum atomic E-state index is -0.647. The van der Waals surface area contributed by atoms with Crippen LogP contribution in [0.5, 0.6) is 5.75 Å². The lowest BCUT2D eigenvalue weighted by Gasteiger charge is -2.24. The molecule has 4 aromatic rings. The number of carbonyl (C=O) groups is 1. The molecule has 5 rings (SSSR count). The maximum Gasteiger partial charge on any atom is 0.338 e. The molecule has 3 heterocycles. The number of allylic oxidation sites excluding steroid dienone is 1. The smallest absolute Gasteiger partial charge is 0.338 e. The second-order valence-electron chi connectivity index (χ2n) is 8.09. The number of carbonyl (C=O) groups excluding carboxylic acids is 1. The maximum absolute atomic E-state index is 13.7. The van der Waals surface area contributed by atoms with Crippen LogP contribution in [0.25, 0.3) is 17.0 Å². The number of esters is 1. The normalized spacial score (nSPS) is 15.7. The van der Waals surface area contributed by atoms with Gasteiger partial charge in [-0.05, 0) is 50.6 Å². The maximum atomic E-state index is 13.7. The first-order chi connectivity index (χ1) is 17.0. The molecule has 2 aromatic heterocycles. The summed E-state index contributed by atoms with van der Waals surface area (Å²) < 4.78 is 13.1. The summed E-state index contributed by atoms with van der Waals surface area (Å²) in [7, 11) is 0. The molecule has 1 aliphatic rings. The summed E-state index contributed by atoms with van der Waals surface area (Å²) >= 11 is 1.31. The Balaban J connectivity index is 1.70. The fourth-order valence-electron chi connectivity index (χ4n) is 4.37. The predicted octanol–water partition coefficient (Wildman–Crippen LogP) is 3.68. The number of nitrogens with zero attached hydrogens (tertiary/aromatic N) is 2. The van der Waals surface area contributed by atoms with E-state index in [2.05, 4.69) is 9.98 Å². The number of aromatic amines is 1. The Labute approximate surface area is 205 Å². The molecule has 0 fully saturated rings. The van der Waals surface area contributed by atoms with E-state index in [-0.39, 0.29) is 12.2 Å². The number of fused-ring (bicyclic) bond motifs is 2. The minimum absolute atomic E-state index is 0.202. The highest BCUT2D eigenvalue weighted by molar-refractivity contribution is 7.07. The zero-order chi connectivity index (χ0) is 24.5. The van der Waals surface area contributed by atoms with Crippen LogP contribution in [0.3, 0.4) is 0 Å². The molecule has 2 aromatic carbocycles. The Kier molecular flexibility index (Phi) is 6.13. The van der Waals surface area contributed by atoms with Gasteiger partial charge in [-0.2, -0.15) is 0 Å². The van der Waals surface area contributed by atoms with Gasteiger partial charge in [-0.3, -0.25) is 9.36 Å². The first kappa shape index (κ1) is 22.9. The van der Waals surface area contributed by atoms with E-state index >= 15 is 0 Å². The summed E-state index contributed by atoms with van der Waals surface area (Å²) in [4.78, 5) is 35.2. The Morgan fingerprint density at radius 1 is 1.14 bits per heavy atom. The second kappa shape index (κ2) is 9.38. The summed E-state index contributed by atoms with van der Waals surface area (Å²) in [5.74, 6) is 0.250. The van der Waals surface area contributed by atoms with Gasteiger partial charge in [0.1, 0.15) is 5.75 Å². The van der Waals surface area contributed by atoms with Crippen molar-refractivity contribution in [2.45, 2.75) is 26.8 Å². The summed E-state index contributed by atoms with van der Waals surface area (Å²) in [6.45, 7) is 6.25. The lowest BCUT2D eigenvalue weighted by atomic mass is 9.96. The van der Waals surface area contributed by atoms with Gasteiger partial charge in [0.05, 0.1) is 35.1 Å². The van der Waals surface area contributed by atoms with Crippen LogP contribution >= 0.6 is 11.3 Å². The van der Waals surface area contributed by atoms with Gasteiger partial charge < -0.3 is 14.5 Å². The molecule has 8 heteroatoms. The van der Waals surface area contributed by atoms with Gasteiger partial charge in [-0.1, -0.05) is 41.7 Å². The van der Waals surface area contributed by atoms with Crippen LogP contribution in [-0.4, -0.2) is 28.7 Å². The van der Waals surface area contributed by atoms with Gasteiger partial charge in [0.15, 0.2) is 4.80 Å². The van der Waals surface area contributed by atoms with Gasteiger partial charge in [-0.15, -0.1) is 0 Å². The monoisotopic (exact) mass is 487 g/mol. The Hall–Kier alpha value is -3.91. The van der Waals surface area contributed by atoms with Gasteiger partial charge in [-0.25, -0.2) is 9.79 Å². The molecule has 1 N–H and O–H groups in total. The number of rotatable bonds is 6. The molecular formula is C27H25N3O4S. The van der Waals surface area contributed by atoms with E-state index < -0.39 is 12.0 Å². The van der Waals surface area contributed by atoms with E-state index in [0.717, 1.165) is 27.8 Å². The molecule has 0 spiro atoms. The van der Waals surface area contributed by atoms with Crippen LogP contribution in [0.2, 0.25) is 0 Å². The van der Waals surface area contributed by atoms with Crippen molar-refractivity contribution in [3.05, 3.63) is 96.8 Å². The first-order valence-corrected chi connectivity index (χ1v) is 12.3. The molecule has 0 amide bonds. The number of hydrogen-bond donors (Lipinski definition) is 1. The topological polar surface area (TPSA) is 85.7 Å². The van der Waals surface area contributed by atoms with Crippen LogP contribution in [0.4, 0.5) is 0 Å². The third-order valence-corrected chi connectivity index (χ3v) is 6.91. The number of benzene rings is 2. The average molecular weight is 488 g/mol. The van der Waals surface area contributed by atoms with Crippen LogP contribution in [0, 0.1) is 0 Å². The van der Waals surface area contributed by atoms with Crippen molar-refractivity contribution in [3.63, 3.8) is 0 Å². The molecule has 0 saturated heterocycles. The Morgan fingerprint density at radius 2 is 1.91 bits per heavy atom. The molecule has 7 nitrogen and oxygen atoms in total. The number of nitrogens with one attached hydrogen (secondary N) is 1. The van der Waals surface area contributed by atoms with E-state index in [1.54, 1.807) is 18.4 Å². The van der Waals surface area contributed by atoms with Crippen LogP contribution in [0.1, 0.15) is 37.9 Å². The summed E-state index contributed by atoms with van der Waals surface area (Å²) in [5.41, 5.74) is 3.41. The molecule has 1 aliphatic heterocycles. The molecule has 1 atom stereocenters. The molecule has 178 valence electrons. The minimum Gasteiger partial charge on any atom is -0.494 e. The van der Waals surface area contributed by atoms with Crippen LogP contribution < -0.4 is 19.6 Å². The quantitative estimate of drug-likeness (QED) is 0.421. The summed E-state index contributed by atoms with van der Waals surface area (Å²) in [6, 6.07) is 14.7. The average Bonchev–Trinajstić information content (AvgIpc) is 3.40. The number of aromatic nitrogens is 2. The lowest BCUT2D eigenvalue weighted by Crippen LogP contribution is -2.39. The number of para-hydroxylation sites is 1. The van der Waals surface area contributed by atoms with Crippen molar-refractivity contribution in [2.24, 2.45) is 4.99 Å². The van der Waals surface area contributed by atoms with Crippen molar-refractivity contribution in [3.8, 4) is 5.75 Å². The highest BCUT2D eigenvalue weighted by atomic mass is 32.1. The molecule has 0 aliphatic carbocycles. The van der Waals surface area contributed by atoms with Crippen molar-refractivity contribution in [2.75, 3.05) is 13.2 Å². The van der Waals surface area contributed by atoms with E-state index in [9.17, 15) is 9.59 Å². The highest BCUT2D eigenvalue weighted by Gasteiger charge is 2.33. The largest absolute Gasteiger partial charge is 0.494 e. The number of H-pyrrole nitrogens is 1. The third kappa shape index (κ3) is 4.10. The third-order valence-electron chi connectivity index (χ3n) is 5.93. The highest BCUT2D eigenvalue weighted by Crippen LogP contribution is 2.31. The molecule has 0 saturated carbocycles. The molecule has 0 radical (unpaired) electrons. The van der Waals surface area contributed by atoms with Gasteiger partial charge in [0, 0.05) is 22.7 Å². The first-order valence-electron chi connectivity index (χ1n) is 11.5. The van der Waals surface area contributed by atoms with Crippen molar-refractivity contribution in [1.29, 1.82) is 0 Å². The molecule has 0 bridgehead atoms. The number of ether oxygens (including phenoxy) is 2. The zero-order valence-electron chi connectivity index (χ0n) is 19.7. The second-order valence-corrected chi connectivity index (χ2v) is 9.10. The van der Waals surface area contributed by atoms with E-state index in [1.165, 1.54) is 11.3 Å². The van der Waals surface area contributed by atoms with Crippen molar-refractivity contribution < 1.29 is 14.3 Å². The van der Waals surface area contributed by atoms with Crippen molar-refractivity contribution >= 4 is 34.3 Å². The SMILES string of the molecule is CCOC(=O)C1=C(C)N=c2s/c(=C\c3c[nH]c4ccccc34)c(=O)n2[C@@H]1c1ccc(OCC)cc1. The fraction of sp³-hybridized carbons (Fsp3) is 0.222.